The molecule has 0 amide bonds. The van der Waals surface area contributed by atoms with Crippen LogP contribution in [0.4, 0.5) is 0 Å². The van der Waals surface area contributed by atoms with Crippen LogP contribution < -0.4 is 0 Å². The standard InChI is InChI=1S/C11H22N4O/c1-4-10(5-2)15(6-7-16)8-11-12-9-13-14(11)3/h9-10,16H,4-8H2,1-3H3. The fourth-order valence-electron chi connectivity index (χ4n) is 1.97. The first-order chi connectivity index (χ1) is 7.72. The molecule has 0 saturated carbocycles. The minimum atomic E-state index is 0.189. The second-order valence-electron chi connectivity index (χ2n) is 3.96. The number of rotatable bonds is 7. The van der Waals surface area contributed by atoms with Crippen molar-refractivity contribution in [2.45, 2.75) is 39.3 Å². The molecule has 0 bridgehead atoms. The Morgan fingerprint density at radius 1 is 1.44 bits per heavy atom. The molecule has 0 spiro atoms. The lowest BCUT2D eigenvalue weighted by Crippen LogP contribution is -2.37. The molecule has 0 atom stereocenters. The van der Waals surface area contributed by atoms with E-state index in [0.29, 0.717) is 12.6 Å². The summed E-state index contributed by atoms with van der Waals surface area (Å²) >= 11 is 0. The van der Waals surface area contributed by atoms with Gasteiger partial charge < -0.3 is 5.11 Å². The molecule has 1 heterocycles. The van der Waals surface area contributed by atoms with Gasteiger partial charge in [0.15, 0.2) is 0 Å². The van der Waals surface area contributed by atoms with Crippen molar-refractivity contribution in [2.75, 3.05) is 13.2 Å². The van der Waals surface area contributed by atoms with Gasteiger partial charge in [0, 0.05) is 19.6 Å². The first-order valence-electron chi connectivity index (χ1n) is 5.90. The van der Waals surface area contributed by atoms with Crippen LogP contribution in [0.15, 0.2) is 6.33 Å². The highest BCUT2D eigenvalue weighted by Crippen LogP contribution is 2.11. The highest BCUT2D eigenvalue weighted by molar-refractivity contribution is 4.85. The van der Waals surface area contributed by atoms with Gasteiger partial charge in [0.2, 0.25) is 0 Å². The van der Waals surface area contributed by atoms with Crippen LogP contribution in [-0.2, 0) is 13.6 Å². The molecule has 0 aliphatic carbocycles. The molecule has 0 radical (unpaired) electrons. The second-order valence-corrected chi connectivity index (χ2v) is 3.96. The zero-order chi connectivity index (χ0) is 12.0. The predicted octanol–water partition coefficient (Wildman–Crippen LogP) is 0.798. The van der Waals surface area contributed by atoms with Crippen LogP contribution in [0.25, 0.3) is 0 Å². The molecule has 5 heteroatoms. The van der Waals surface area contributed by atoms with E-state index in [1.165, 1.54) is 0 Å². The van der Waals surface area contributed by atoms with E-state index in [2.05, 4.69) is 28.8 Å². The maximum Gasteiger partial charge on any atom is 0.140 e. The Hall–Kier alpha value is -0.940. The summed E-state index contributed by atoms with van der Waals surface area (Å²) < 4.78 is 1.78. The van der Waals surface area contributed by atoms with Gasteiger partial charge in [0.1, 0.15) is 12.2 Å². The number of hydrogen-bond acceptors (Lipinski definition) is 4. The molecule has 1 aromatic heterocycles. The molecule has 0 aromatic carbocycles. The molecule has 16 heavy (non-hydrogen) atoms. The summed E-state index contributed by atoms with van der Waals surface area (Å²) in [6.07, 6.45) is 3.75. The largest absolute Gasteiger partial charge is 0.395 e. The molecule has 92 valence electrons. The van der Waals surface area contributed by atoms with Crippen LogP contribution in [0, 0.1) is 0 Å². The summed E-state index contributed by atoms with van der Waals surface area (Å²) in [6.45, 7) is 5.99. The average molecular weight is 226 g/mol. The molecule has 1 rings (SSSR count). The van der Waals surface area contributed by atoms with Crippen molar-refractivity contribution in [1.29, 1.82) is 0 Å². The zero-order valence-corrected chi connectivity index (χ0v) is 10.4. The van der Waals surface area contributed by atoms with Gasteiger partial charge >= 0.3 is 0 Å². The number of aromatic nitrogens is 3. The van der Waals surface area contributed by atoms with E-state index >= 15 is 0 Å². The van der Waals surface area contributed by atoms with Gasteiger partial charge in [-0.2, -0.15) is 5.10 Å². The normalized spacial score (nSPS) is 11.6. The minimum absolute atomic E-state index is 0.189. The van der Waals surface area contributed by atoms with E-state index < -0.39 is 0 Å². The molecule has 0 unspecified atom stereocenters. The van der Waals surface area contributed by atoms with E-state index in [9.17, 15) is 0 Å². The third kappa shape index (κ3) is 3.28. The highest BCUT2D eigenvalue weighted by atomic mass is 16.3. The summed E-state index contributed by atoms with van der Waals surface area (Å²) in [7, 11) is 1.90. The number of aliphatic hydroxyl groups excluding tert-OH is 1. The fourth-order valence-corrected chi connectivity index (χ4v) is 1.97. The van der Waals surface area contributed by atoms with E-state index in [-0.39, 0.29) is 6.61 Å². The van der Waals surface area contributed by atoms with Crippen molar-refractivity contribution in [3.05, 3.63) is 12.2 Å². The van der Waals surface area contributed by atoms with Crippen LogP contribution in [0.3, 0.4) is 0 Å². The lowest BCUT2D eigenvalue weighted by Gasteiger charge is -2.29. The molecule has 0 saturated heterocycles. The van der Waals surface area contributed by atoms with Crippen LogP contribution in [-0.4, -0.2) is 44.0 Å². The van der Waals surface area contributed by atoms with E-state index in [4.69, 9.17) is 5.11 Å². The average Bonchev–Trinajstić information content (AvgIpc) is 2.66. The number of nitrogens with zero attached hydrogens (tertiary/aromatic N) is 4. The fraction of sp³-hybridized carbons (Fsp3) is 0.818. The summed E-state index contributed by atoms with van der Waals surface area (Å²) in [5, 5.41) is 13.1. The maximum atomic E-state index is 9.09. The Kier molecular flexibility index (Phi) is 5.42. The Labute approximate surface area is 97.1 Å². The predicted molar refractivity (Wildman–Crippen MR) is 62.9 cm³/mol. The van der Waals surface area contributed by atoms with Crippen LogP contribution in [0.1, 0.15) is 32.5 Å². The first-order valence-corrected chi connectivity index (χ1v) is 5.90. The molecule has 5 nitrogen and oxygen atoms in total. The molecule has 1 N–H and O–H groups in total. The van der Waals surface area contributed by atoms with Crippen molar-refractivity contribution in [1.82, 2.24) is 19.7 Å². The molecule has 0 aliphatic rings. The molecular weight excluding hydrogens is 204 g/mol. The lowest BCUT2D eigenvalue weighted by atomic mass is 10.1. The van der Waals surface area contributed by atoms with Gasteiger partial charge in [0.25, 0.3) is 0 Å². The van der Waals surface area contributed by atoms with Crippen molar-refractivity contribution in [2.24, 2.45) is 7.05 Å². The smallest absolute Gasteiger partial charge is 0.140 e. The van der Waals surface area contributed by atoms with E-state index in [1.807, 2.05) is 7.05 Å². The van der Waals surface area contributed by atoms with Crippen LogP contribution >= 0.6 is 0 Å². The Morgan fingerprint density at radius 3 is 2.56 bits per heavy atom. The zero-order valence-electron chi connectivity index (χ0n) is 10.4. The Bertz CT molecular complexity index is 296. The van der Waals surface area contributed by atoms with Gasteiger partial charge in [-0.15, -0.1) is 0 Å². The monoisotopic (exact) mass is 226 g/mol. The third-order valence-electron chi connectivity index (χ3n) is 3.00. The Balaban J connectivity index is 2.67. The first kappa shape index (κ1) is 13.1. The van der Waals surface area contributed by atoms with Crippen molar-refractivity contribution >= 4 is 0 Å². The van der Waals surface area contributed by atoms with Crippen LogP contribution in [0.5, 0.6) is 0 Å². The number of hydrogen-bond donors (Lipinski definition) is 1. The maximum absolute atomic E-state index is 9.09. The van der Waals surface area contributed by atoms with Gasteiger partial charge in [-0.3, -0.25) is 9.58 Å². The summed E-state index contributed by atoms with van der Waals surface area (Å²) in [5.74, 6) is 0.945. The second kappa shape index (κ2) is 6.60. The highest BCUT2D eigenvalue weighted by Gasteiger charge is 2.16. The van der Waals surface area contributed by atoms with Gasteiger partial charge in [-0.05, 0) is 12.8 Å². The topological polar surface area (TPSA) is 54.2 Å². The Morgan fingerprint density at radius 2 is 2.12 bits per heavy atom. The number of aryl methyl sites for hydroxylation is 1. The molecule has 1 aromatic rings. The van der Waals surface area contributed by atoms with Gasteiger partial charge in [-0.1, -0.05) is 13.8 Å². The van der Waals surface area contributed by atoms with Gasteiger partial charge in [0.05, 0.1) is 13.2 Å². The molecular formula is C11H22N4O. The van der Waals surface area contributed by atoms with Crippen molar-refractivity contribution < 1.29 is 5.11 Å². The summed E-state index contributed by atoms with van der Waals surface area (Å²) in [4.78, 5) is 6.49. The summed E-state index contributed by atoms with van der Waals surface area (Å²) in [5.41, 5.74) is 0. The minimum Gasteiger partial charge on any atom is -0.395 e. The third-order valence-corrected chi connectivity index (χ3v) is 3.00. The van der Waals surface area contributed by atoms with E-state index in [0.717, 1.165) is 25.2 Å². The van der Waals surface area contributed by atoms with Crippen molar-refractivity contribution in [3.8, 4) is 0 Å². The van der Waals surface area contributed by atoms with Gasteiger partial charge in [-0.25, -0.2) is 4.98 Å². The molecule has 0 aliphatic heterocycles. The van der Waals surface area contributed by atoms with Crippen LogP contribution in [0.2, 0.25) is 0 Å². The lowest BCUT2D eigenvalue weighted by molar-refractivity contribution is 0.132. The molecule has 0 fully saturated rings. The SMILES string of the molecule is CCC(CC)N(CCO)Cc1ncnn1C. The van der Waals surface area contributed by atoms with E-state index in [1.54, 1.807) is 11.0 Å². The number of aliphatic hydroxyl groups is 1. The summed E-state index contributed by atoms with van der Waals surface area (Å²) in [6, 6.07) is 0.504. The van der Waals surface area contributed by atoms with Crippen molar-refractivity contribution in [3.63, 3.8) is 0 Å². The quantitative estimate of drug-likeness (QED) is 0.747.